The van der Waals surface area contributed by atoms with Crippen LogP contribution in [0.25, 0.3) is 10.4 Å². The maximum Gasteiger partial charge on any atom is 0.436 e. The van der Waals surface area contributed by atoms with Gasteiger partial charge in [0, 0.05) is 18.0 Å². The number of carbonyl (C=O) groups is 1. The third-order valence-corrected chi connectivity index (χ3v) is 7.04. The number of aryl methyl sites for hydroxylation is 1. The van der Waals surface area contributed by atoms with Gasteiger partial charge in [0.25, 0.3) is 0 Å². The van der Waals surface area contributed by atoms with Crippen molar-refractivity contribution in [3.8, 4) is 10.4 Å². The van der Waals surface area contributed by atoms with Gasteiger partial charge in [-0.2, -0.15) is 18.3 Å². The summed E-state index contributed by atoms with van der Waals surface area (Å²) < 4.78 is 45.5. The SMILES string of the molecule is CCOC(=O)c1cc(-c2ccccc2)sc1NC(=S)NCCCn1nc(C(F)(F)F)c(Br)c1C. The normalized spacial score (nSPS) is 11.4. The van der Waals surface area contributed by atoms with E-state index in [2.05, 4.69) is 31.7 Å². The van der Waals surface area contributed by atoms with E-state index in [0.29, 0.717) is 34.3 Å². The molecule has 34 heavy (non-hydrogen) atoms. The molecule has 0 radical (unpaired) electrons. The van der Waals surface area contributed by atoms with Crippen LogP contribution < -0.4 is 10.6 Å². The lowest BCUT2D eigenvalue weighted by molar-refractivity contribution is -0.142. The summed E-state index contributed by atoms with van der Waals surface area (Å²) in [4.78, 5) is 13.3. The highest BCUT2D eigenvalue weighted by atomic mass is 79.9. The number of thiophene rings is 1. The van der Waals surface area contributed by atoms with Gasteiger partial charge >= 0.3 is 12.1 Å². The van der Waals surface area contributed by atoms with E-state index in [1.165, 1.54) is 16.0 Å². The van der Waals surface area contributed by atoms with Gasteiger partial charge in [-0.05, 0) is 60.0 Å². The first-order valence-corrected chi connectivity index (χ1v) is 12.3. The number of nitrogens with one attached hydrogen (secondary N) is 2. The number of aromatic nitrogens is 2. The molecule has 3 aromatic rings. The Labute approximate surface area is 212 Å². The largest absolute Gasteiger partial charge is 0.462 e. The van der Waals surface area contributed by atoms with Crippen LogP contribution >= 0.6 is 39.5 Å². The average Bonchev–Trinajstić information content (AvgIpc) is 3.33. The lowest BCUT2D eigenvalue weighted by Gasteiger charge is -2.11. The zero-order valence-corrected chi connectivity index (χ0v) is 21.6. The van der Waals surface area contributed by atoms with Crippen LogP contribution in [0.2, 0.25) is 0 Å². The quantitative estimate of drug-likeness (QED) is 0.188. The summed E-state index contributed by atoms with van der Waals surface area (Å²) in [5.41, 5.74) is 0.809. The Balaban J connectivity index is 1.62. The van der Waals surface area contributed by atoms with Crippen LogP contribution in [0.4, 0.5) is 18.2 Å². The van der Waals surface area contributed by atoms with Crippen LogP contribution in [0, 0.1) is 6.92 Å². The fourth-order valence-corrected chi connectivity index (χ4v) is 4.92. The molecule has 0 atom stereocenters. The van der Waals surface area contributed by atoms with Crippen LogP contribution in [-0.4, -0.2) is 34.0 Å². The van der Waals surface area contributed by atoms with Crippen LogP contribution in [0.1, 0.15) is 35.1 Å². The molecule has 3 rings (SSSR count). The smallest absolute Gasteiger partial charge is 0.436 e. The van der Waals surface area contributed by atoms with Gasteiger partial charge < -0.3 is 15.4 Å². The summed E-state index contributed by atoms with van der Waals surface area (Å²) in [6.45, 7) is 4.23. The molecule has 12 heteroatoms. The number of hydrogen-bond acceptors (Lipinski definition) is 5. The van der Waals surface area contributed by atoms with Crippen molar-refractivity contribution < 1.29 is 22.7 Å². The van der Waals surface area contributed by atoms with E-state index in [-0.39, 0.29) is 17.6 Å². The summed E-state index contributed by atoms with van der Waals surface area (Å²) >= 11 is 9.70. The first kappa shape index (κ1) is 26.2. The van der Waals surface area contributed by atoms with Gasteiger partial charge in [-0.3, -0.25) is 4.68 Å². The third-order valence-electron chi connectivity index (χ3n) is 4.75. The van der Waals surface area contributed by atoms with E-state index < -0.39 is 17.8 Å². The van der Waals surface area contributed by atoms with Crippen molar-refractivity contribution >= 4 is 55.6 Å². The van der Waals surface area contributed by atoms with Crippen molar-refractivity contribution in [3.05, 3.63) is 57.8 Å². The van der Waals surface area contributed by atoms with Crippen LogP contribution in [0.15, 0.2) is 40.9 Å². The number of nitrogens with zero attached hydrogens (tertiary/aromatic N) is 2. The number of benzene rings is 1. The molecule has 0 aliphatic heterocycles. The van der Waals surface area contributed by atoms with E-state index >= 15 is 0 Å². The number of thiocarbonyl (C=S) groups is 1. The number of esters is 1. The predicted molar refractivity (Wildman–Crippen MR) is 134 cm³/mol. The van der Waals surface area contributed by atoms with Gasteiger partial charge in [-0.1, -0.05) is 30.3 Å². The van der Waals surface area contributed by atoms with E-state index in [0.717, 1.165) is 10.4 Å². The summed E-state index contributed by atoms with van der Waals surface area (Å²) in [6, 6.07) is 11.4. The molecule has 0 aliphatic rings. The highest BCUT2D eigenvalue weighted by Gasteiger charge is 2.37. The van der Waals surface area contributed by atoms with Crippen molar-refractivity contribution in [2.75, 3.05) is 18.5 Å². The number of ether oxygens (including phenoxy) is 1. The van der Waals surface area contributed by atoms with Crippen LogP contribution in [0.3, 0.4) is 0 Å². The topological polar surface area (TPSA) is 68.2 Å². The number of anilines is 1. The van der Waals surface area contributed by atoms with Crippen LogP contribution in [-0.2, 0) is 17.5 Å². The Morgan fingerprint density at radius 3 is 2.62 bits per heavy atom. The van der Waals surface area contributed by atoms with Crippen LogP contribution in [0.5, 0.6) is 0 Å². The molecule has 0 fully saturated rings. The molecule has 2 aromatic heterocycles. The Hall–Kier alpha value is -2.44. The molecule has 0 spiro atoms. The Morgan fingerprint density at radius 1 is 1.29 bits per heavy atom. The van der Waals surface area contributed by atoms with Crippen molar-refractivity contribution in [1.29, 1.82) is 0 Å². The predicted octanol–water partition coefficient (Wildman–Crippen LogP) is 6.25. The molecule has 0 bridgehead atoms. The first-order valence-electron chi connectivity index (χ1n) is 10.3. The van der Waals surface area contributed by atoms with Crippen molar-refractivity contribution in [2.45, 2.75) is 33.0 Å². The fraction of sp³-hybridized carbons (Fsp3) is 0.318. The number of rotatable bonds is 8. The first-order chi connectivity index (χ1) is 16.1. The molecule has 2 N–H and O–H groups in total. The van der Waals surface area contributed by atoms with Gasteiger partial charge in [0.1, 0.15) is 5.00 Å². The lowest BCUT2D eigenvalue weighted by atomic mass is 10.1. The summed E-state index contributed by atoms with van der Waals surface area (Å²) in [5.74, 6) is -0.452. The van der Waals surface area contributed by atoms with E-state index in [9.17, 15) is 18.0 Å². The maximum absolute atomic E-state index is 13.0. The van der Waals surface area contributed by atoms with Gasteiger partial charge in [0.15, 0.2) is 10.8 Å². The maximum atomic E-state index is 13.0. The highest BCUT2D eigenvalue weighted by molar-refractivity contribution is 9.10. The minimum atomic E-state index is -4.52. The van der Waals surface area contributed by atoms with Gasteiger partial charge in [-0.15, -0.1) is 11.3 Å². The van der Waals surface area contributed by atoms with Gasteiger partial charge in [0.05, 0.1) is 22.3 Å². The van der Waals surface area contributed by atoms with Gasteiger partial charge in [-0.25, -0.2) is 4.79 Å². The molecule has 0 aliphatic carbocycles. The fourth-order valence-electron chi connectivity index (χ4n) is 3.09. The van der Waals surface area contributed by atoms with Gasteiger partial charge in [0.2, 0.25) is 0 Å². The number of alkyl halides is 3. The summed E-state index contributed by atoms with van der Waals surface area (Å²) in [6.07, 6.45) is -4.03. The second-order valence-electron chi connectivity index (χ2n) is 7.14. The molecule has 0 amide bonds. The molecule has 182 valence electrons. The Morgan fingerprint density at radius 2 is 2.00 bits per heavy atom. The lowest BCUT2D eigenvalue weighted by Crippen LogP contribution is -2.30. The van der Waals surface area contributed by atoms with Crippen molar-refractivity contribution in [1.82, 2.24) is 15.1 Å². The average molecular weight is 575 g/mol. The molecule has 0 unspecified atom stereocenters. The number of carbonyl (C=O) groups excluding carboxylic acids is 1. The monoisotopic (exact) mass is 574 g/mol. The van der Waals surface area contributed by atoms with Crippen molar-refractivity contribution in [3.63, 3.8) is 0 Å². The Bertz CT molecular complexity index is 1160. The Kier molecular flexibility index (Phi) is 8.72. The minimum Gasteiger partial charge on any atom is -0.462 e. The number of halogens is 4. The minimum absolute atomic E-state index is 0.0523. The molecule has 1 aromatic carbocycles. The second kappa shape index (κ2) is 11.3. The summed E-state index contributed by atoms with van der Waals surface area (Å²) in [7, 11) is 0. The molecule has 2 heterocycles. The molecule has 0 saturated heterocycles. The van der Waals surface area contributed by atoms with E-state index in [4.69, 9.17) is 17.0 Å². The van der Waals surface area contributed by atoms with E-state index in [1.54, 1.807) is 19.9 Å². The molecular formula is C22H22BrF3N4O2S2. The zero-order valence-electron chi connectivity index (χ0n) is 18.3. The second-order valence-corrected chi connectivity index (χ2v) is 9.40. The zero-order chi connectivity index (χ0) is 24.9. The summed E-state index contributed by atoms with van der Waals surface area (Å²) in [5, 5.41) is 10.6. The number of hydrogen-bond donors (Lipinski definition) is 2. The molecule has 6 nitrogen and oxygen atoms in total. The standard InChI is InChI=1S/C22H22BrF3N4O2S2/c1-3-32-20(31)15-12-16(14-8-5-4-6-9-14)34-19(15)28-21(33)27-10-7-11-30-13(2)17(23)18(29-30)22(24,25)26/h4-6,8-9,12H,3,7,10-11H2,1-2H3,(H2,27,28,33). The molecular weight excluding hydrogens is 553 g/mol. The highest BCUT2D eigenvalue weighted by Crippen LogP contribution is 2.36. The third kappa shape index (κ3) is 6.36. The van der Waals surface area contributed by atoms with E-state index in [1.807, 2.05) is 30.3 Å². The van der Waals surface area contributed by atoms with Crippen molar-refractivity contribution in [2.24, 2.45) is 0 Å². The molecule has 0 saturated carbocycles.